The van der Waals surface area contributed by atoms with Crippen LogP contribution < -0.4 is 59.3 Å². The zero-order chi connectivity index (χ0) is 51.8. The van der Waals surface area contributed by atoms with Crippen LogP contribution in [0, 0.1) is 5.92 Å². The number of hydrogen-bond acceptors (Lipinski definition) is 15. The molecule has 2 fully saturated rings. The van der Waals surface area contributed by atoms with Gasteiger partial charge in [-0.15, -0.1) is 11.8 Å². The van der Waals surface area contributed by atoms with Crippen molar-refractivity contribution in [3.8, 4) is 0 Å². The maximum absolute atomic E-state index is 14.3. The van der Waals surface area contributed by atoms with Gasteiger partial charge in [-0.1, -0.05) is 79.6 Å². The molecule has 0 unspecified atom stereocenters. The van der Waals surface area contributed by atoms with E-state index < -0.39 is 114 Å². The lowest BCUT2D eigenvalue weighted by molar-refractivity contribution is -0.141. The van der Waals surface area contributed by atoms with Gasteiger partial charge in [-0.25, -0.2) is 0 Å². The first-order valence-corrected chi connectivity index (χ1v) is 26.7. The third-order valence-electron chi connectivity index (χ3n) is 10.6. The number of rotatable bonds is 16. The zero-order valence-electron chi connectivity index (χ0n) is 39.8. The molecule has 26 heteroatoms. The summed E-state index contributed by atoms with van der Waals surface area (Å²) in [7, 11) is 1.98. The minimum Gasteiger partial charge on any atom is -0.481 e. The summed E-state index contributed by atoms with van der Waals surface area (Å²) in [5.41, 5.74) is 11.6. The number of hydrogen-bond donors (Lipinski definition) is 12. The molecule has 0 aliphatic carbocycles. The molecule has 0 aromatic heterocycles. The monoisotopic (exact) mass is 1040 g/mol. The van der Waals surface area contributed by atoms with Crippen LogP contribution >= 0.6 is 33.3 Å². The van der Waals surface area contributed by atoms with Crippen molar-refractivity contribution in [1.29, 1.82) is 0 Å². The maximum Gasteiger partial charge on any atom is 0.305 e. The molecule has 2 heterocycles. The third-order valence-corrected chi connectivity index (χ3v) is 14.1. The van der Waals surface area contributed by atoms with Crippen LogP contribution in [0.25, 0.3) is 0 Å². The number of carbonyl (C=O) groups is 10. The van der Waals surface area contributed by atoms with Crippen LogP contribution in [0.3, 0.4) is 0 Å². The highest BCUT2D eigenvalue weighted by atomic mass is 33.1. The highest BCUT2D eigenvalue weighted by Gasteiger charge is 2.35. The number of nitrogens with two attached hydrogens (primary N) is 2. The lowest BCUT2D eigenvalue weighted by Crippen LogP contribution is -2.59. The molecule has 14 N–H and O–H groups in total. The van der Waals surface area contributed by atoms with Gasteiger partial charge in [0, 0.05) is 42.2 Å². The average Bonchev–Trinajstić information content (AvgIpc) is 3.29. The van der Waals surface area contributed by atoms with Crippen molar-refractivity contribution in [2.24, 2.45) is 22.4 Å². The number of nitrogens with one attached hydrogen (secondary N) is 9. The van der Waals surface area contributed by atoms with Crippen LogP contribution in [0.15, 0.2) is 35.3 Å². The Morgan fingerprint density at radius 2 is 1.26 bits per heavy atom. The summed E-state index contributed by atoms with van der Waals surface area (Å²) in [6.45, 7) is 7.20. The molecule has 23 nitrogen and oxygen atoms in total. The predicted octanol–water partition coefficient (Wildman–Crippen LogP) is -2.20. The highest BCUT2D eigenvalue weighted by Crippen LogP contribution is 2.24. The number of aliphatic imine (C=N–C) groups is 1. The molecule has 0 radical (unpaired) electrons. The number of ketones is 1. The molecule has 2 aliphatic heterocycles. The molecular formula is C44H68N12O11S3. The van der Waals surface area contributed by atoms with Gasteiger partial charge in [-0.05, 0) is 44.2 Å². The Morgan fingerprint density at radius 1 is 0.686 bits per heavy atom. The predicted molar refractivity (Wildman–Crippen MR) is 268 cm³/mol. The zero-order valence-corrected chi connectivity index (χ0v) is 42.3. The topological polar surface area (TPSA) is 364 Å². The Bertz CT molecular complexity index is 2010. The summed E-state index contributed by atoms with van der Waals surface area (Å²) >= 11 is 1.03. The van der Waals surface area contributed by atoms with Gasteiger partial charge < -0.3 is 64.4 Å². The van der Waals surface area contributed by atoms with Crippen LogP contribution in [-0.2, 0) is 54.4 Å². The van der Waals surface area contributed by atoms with E-state index in [1.165, 1.54) is 0 Å². The van der Waals surface area contributed by atoms with Crippen molar-refractivity contribution < 1.29 is 53.1 Å². The first-order valence-electron chi connectivity index (χ1n) is 23.0. The van der Waals surface area contributed by atoms with Gasteiger partial charge in [0.15, 0.2) is 11.7 Å². The summed E-state index contributed by atoms with van der Waals surface area (Å²) in [5.74, 6) is -10.00. The quantitative estimate of drug-likeness (QED) is 0.0362. The van der Waals surface area contributed by atoms with Crippen LogP contribution in [-0.4, -0.2) is 161 Å². The number of fused-ring (bicyclic) bond motifs is 5. The summed E-state index contributed by atoms with van der Waals surface area (Å²) < 4.78 is 0. The number of amides is 8. The molecule has 3 rings (SSSR count). The summed E-state index contributed by atoms with van der Waals surface area (Å²) in [6, 6.07) is -0.665. The Labute approximate surface area is 419 Å². The number of aliphatic carboxylic acids is 1. The molecule has 2 saturated heterocycles. The van der Waals surface area contributed by atoms with Crippen LogP contribution in [0.4, 0.5) is 0 Å². The smallest absolute Gasteiger partial charge is 0.305 e. The Balaban J connectivity index is 2.16. The SMILES string of the molecule is CC(C)NCCCC[C@@H]1NC(=O)CSC[C@@H](C(=O)C(C)C)NC(=O)[C@H](Cc2ccccc2)NC(=O)[C@@H]2CSSC[C@H](NC1=O)C(=O)N[C@@H](CCCN=C(N)N)C(=O)NCC(=O)N[C@@H](CC(=O)O)C(=O)N2. The molecule has 8 amide bonds. The second kappa shape index (κ2) is 30.9. The van der Waals surface area contributed by atoms with Crippen molar-refractivity contribution in [2.75, 3.05) is 42.6 Å². The summed E-state index contributed by atoms with van der Waals surface area (Å²) in [5, 5.41) is 33.8. The Kier molecular flexibility index (Phi) is 25.9. The fourth-order valence-electron chi connectivity index (χ4n) is 6.95. The van der Waals surface area contributed by atoms with Gasteiger partial charge in [0.05, 0.1) is 24.8 Å². The number of carboxylic acids is 1. The number of carboxylic acid groups (broad SMARTS) is 1. The molecule has 0 spiro atoms. The Hall–Kier alpha value is -5.60. The number of nitrogens with zero attached hydrogens (tertiary/aromatic N) is 1. The third kappa shape index (κ3) is 22.0. The first kappa shape index (κ1) is 58.7. The number of guanidine groups is 1. The highest BCUT2D eigenvalue weighted by molar-refractivity contribution is 8.76. The number of carbonyl (C=O) groups excluding carboxylic acids is 9. The fourth-order valence-corrected chi connectivity index (χ4v) is 10.1. The molecule has 2 aliphatic rings. The fraction of sp³-hybridized carbons (Fsp3) is 0.614. The van der Waals surface area contributed by atoms with E-state index in [1.807, 2.05) is 13.8 Å². The maximum atomic E-state index is 14.3. The van der Waals surface area contributed by atoms with E-state index in [9.17, 15) is 53.1 Å². The largest absolute Gasteiger partial charge is 0.481 e. The lowest BCUT2D eigenvalue weighted by atomic mass is 10.0. The van der Waals surface area contributed by atoms with E-state index in [-0.39, 0.29) is 73.0 Å². The van der Waals surface area contributed by atoms with E-state index in [0.717, 1.165) is 33.3 Å². The molecule has 388 valence electrons. The van der Waals surface area contributed by atoms with Crippen molar-refractivity contribution in [3.05, 3.63) is 35.9 Å². The lowest BCUT2D eigenvalue weighted by Gasteiger charge is -2.27. The molecule has 70 heavy (non-hydrogen) atoms. The van der Waals surface area contributed by atoms with E-state index in [2.05, 4.69) is 52.8 Å². The molecule has 1 aromatic rings. The summed E-state index contributed by atoms with van der Waals surface area (Å²) in [4.78, 5) is 141. The van der Waals surface area contributed by atoms with Gasteiger partial charge in [0.1, 0.15) is 36.3 Å². The molecule has 1 aromatic carbocycles. The van der Waals surface area contributed by atoms with Crippen LogP contribution in [0.1, 0.15) is 71.8 Å². The van der Waals surface area contributed by atoms with Crippen LogP contribution in [0.2, 0.25) is 0 Å². The van der Waals surface area contributed by atoms with E-state index in [1.54, 1.807) is 44.2 Å². The van der Waals surface area contributed by atoms with Gasteiger partial charge in [-0.2, -0.15) is 0 Å². The van der Waals surface area contributed by atoms with Crippen molar-refractivity contribution >= 4 is 98.3 Å². The normalized spacial score (nSPS) is 24.2. The standard InChI is InChI=1S/C44H68N12O11S3/c1-24(2)37(61)31-20-68-23-35(58)50-28(13-8-9-15-47-25(3)4)39(63)55-32-21-69-70-22-33(43(67)53-29(40(64)54-31)17-26-11-6-5-7-12-26)56-41(65)30(18-36(59)60)51-34(57)19-49-38(62)27(52-42(32)66)14-10-16-48-44(45)46/h5-7,11-12,24-25,27-33,47H,8-10,13-23H2,1-4H3,(H,49,62)(H,50,58)(H,51,57)(H,52,66)(H,53,67)(H,54,64)(H,55,63)(H,56,65)(H,59,60)(H4,45,46,48)/t27-,28-,29-,30-,31-,32-,33-/m0/s1. The van der Waals surface area contributed by atoms with Gasteiger partial charge in [0.2, 0.25) is 47.3 Å². The second-order valence-electron chi connectivity index (χ2n) is 17.2. The number of thioether (sulfide) groups is 1. The van der Waals surface area contributed by atoms with Crippen molar-refractivity contribution in [1.82, 2.24) is 47.9 Å². The van der Waals surface area contributed by atoms with E-state index in [0.29, 0.717) is 24.9 Å². The molecule has 7 atom stereocenters. The Morgan fingerprint density at radius 3 is 1.86 bits per heavy atom. The first-order chi connectivity index (χ1) is 33.2. The van der Waals surface area contributed by atoms with Gasteiger partial charge in [-0.3, -0.25) is 52.9 Å². The van der Waals surface area contributed by atoms with Crippen LogP contribution in [0.5, 0.6) is 0 Å². The summed E-state index contributed by atoms with van der Waals surface area (Å²) in [6.07, 6.45) is 0.433. The minimum absolute atomic E-state index is 0.0486. The molecule has 2 bridgehead atoms. The van der Waals surface area contributed by atoms with Crippen molar-refractivity contribution in [2.45, 2.75) is 121 Å². The number of unbranched alkanes of at least 4 members (excludes halogenated alkanes) is 1. The minimum atomic E-state index is -1.75. The van der Waals surface area contributed by atoms with E-state index >= 15 is 0 Å². The van der Waals surface area contributed by atoms with Crippen molar-refractivity contribution in [3.63, 3.8) is 0 Å². The van der Waals surface area contributed by atoms with E-state index in [4.69, 9.17) is 11.5 Å². The number of benzene rings is 1. The van der Waals surface area contributed by atoms with Gasteiger partial charge in [0.25, 0.3) is 0 Å². The van der Waals surface area contributed by atoms with Gasteiger partial charge >= 0.3 is 5.97 Å². The molecular weight excluding hydrogens is 969 g/mol. The number of Topliss-reactive ketones (excluding diaryl/α,β-unsaturated/α-hetero) is 1. The second-order valence-corrected chi connectivity index (χ2v) is 20.8. The average molecular weight is 1040 g/mol. The molecule has 0 saturated carbocycles.